The van der Waals surface area contributed by atoms with E-state index >= 15 is 0 Å². The van der Waals surface area contributed by atoms with Gasteiger partial charge in [0.15, 0.2) is 11.5 Å². The van der Waals surface area contributed by atoms with Gasteiger partial charge in [0.05, 0.1) is 19.3 Å². The van der Waals surface area contributed by atoms with Crippen LogP contribution in [0.1, 0.15) is 11.6 Å². The molecule has 3 aliphatic rings. The number of fused-ring (bicyclic) bond motifs is 2. The topological polar surface area (TPSA) is 131 Å². The third-order valence-electron chi connectivity index (χ3n) is 5.97. The fourth-order valence-corrected chi connectivity index (χ4v) is 4.32. The molecule has 12 nitrogen and oxygen atoms in total. The Balaban J connectivity index is 1.09. The molecule has 0 unspecified atom stereocenters. The van der Waals surface area contributed by atoms with Crippen molar-refractivity contribution in [3.05, 3.63) is 54.1 Å². The third-order valence-corrected chi connectivity index (χ3v) is 5.97. The van der Waals surface area contributed by atoms with Gasteiger partial charge in [0, 0.05) is 12.6 Å². The molecule has 12 heteroatoms. The smallest absolute Gasteiger partial charge is 0.341 e. The van der Waals surface area contributed by atoms with E-state index in [2.05, 4.69) is 26.2 Å². The van der Waals surface area contributed by atoms with Gasteiger partial charge in [-0.25, -0.2) is 4.79 Å². The molecule has 6 rings (SSSR count). The number of nitrogens with zero attached hydrogens (tertiary/aromatic N) is 4. The summed E-state index contributed by atoms with van der Waals surface area (Å²) in [6.45, 7) is 1.26. The van der Waals surface area contributed by atoms with Gasteiger partial charge in [-0.2, -0.15) is 4.68 Å². The zero-order chi connectivity index (χ0) is 22.9. The van der Waals surface area contributed by atoms with Gasteiger partial charge in [0.1, 0.15) is 24.0 Å². The lowest BCUT2D eigenvalue weighted by Gasteiger charge is -2.18. The van der Waals surface area contributed by atoms with Crippen LogP contribution >= 0.6 is 0 Å². The molecule has 34 heavy (non-hydrogen) atoms. The van der Waals surface area contributed by atoms with Crippen molar-refractivity contribution in [1.29, 1.82) is 0 Å². The maximum atomic E-state index is 12.4. The van der Waals surface area contributed by atoms with Crippen molar-refractivity contribution in [1.82, 2.24) is 30.8 Å². The van der Waals surface area contributed by atoms with E-state index in [1.54, 1.807) is 22.9 Å². The number of hydrogen-bond acceptors (Lipinski definition) is 9. The van der Waals surface area contributed by atoms with Crippen LogP contribution in [0.2, 0.25) is 0 Å². The quantitative estimate of drug-likeness (QED) is 0.553. The van der Waals surface area contributed by atoms with Gasteiger partial charge in [0.25, 0.3) is 0 Å². The molecule has 4 atom stereocenters. The molecule has 2 saturated heterocycles. The van der Waals surface area contributed by atoms with Crippen molar-refractivity contribution in [3.8, 4) is 23.3 Å². The summed E-state index contributed by atoms with van der Waals surface area (Å²) in [7, 11) is 0. The van der Waals surface area contributed by atoms with Gasteiger partial charge in [-0.15, -0.1) is 0 Å². The van der Waals surface area contributed by atoms with Gasteiger partial charge in [-0.1, -0.05) is 35.4 Å². The van der Waals surface area contributed by atoms with Gasteiger partial charge < -0.3 is 34.3 Å². The number of aromatic nitrogens is 4. The highest BCUT2D eigenvalue weighted by Crippen LogP contribution is 2.38. The van der Waals surface area contributed by atoms with Crippen LogP contribution < -0.4 is 24.8 Å². The number of urea groups is 1. The molecule has 2 N–H and O–H groups in total. The first kappa shape index (κ1) is 20.7. The molecule has 0 spiro atoms. The first-order valence-corrected chi connectivity index (χ1v) is 10.9. The lowest BCUT2D eigenvalue weighted by Crippen LogP contribution is -2.48. The van der Waals surface area contributed by atoms with E-state index in [-0.39, 0.29) is 43.1 Å². The number of amides is 2. The molecule has 0 radical (unpaired) electrons. The molecule has 3 aliphatic heterocycles. The summed E-state index contributed by atoms with van der Waals surface area (Å²) >= 11 is 0. The van der Waals surface area contributed by atoms with E-state index in [0.717, 1.165) is 5.56 Å². The summed E-state index contributed by atoms with van der Waals surface area (Å²) < 4.78 is 30.1. The van der Waals surface area contributed by atoms with Gasteiger partial charge in [-0.3, -0.25) is 0 Å². The van der Waals surface area contributed by atoms with E-state index < -0.39 is 0 Å². The summed E-state index contributed by atoms with van der Waals surface area (Å²) in [6, 6.07) is 14.3. The third kappa shape index (κ3) is 3.97. The second-order valence-corrected chi connectivity index (χ2v) is 8.11. The van der Waals surface area contributed by atoms with Gasteiger partial charge in [-0.05, 0) is 28.1 Å². The number of carbonyl (C=O) groups is 1. The average Bonchev–Trinajstić information content (AvgIpc) is 3.64. The molecule has 3 aromatic rings. The number of tetrazole rings is 1. The lowest BCUT2D eigenvalue weighted by atomic mass is 10.1. The van der Waals surface area contributed by atoms with Crippen LogP contribution in [0.15, 0.2) is 48.5 Å². The van der Waals surface area contributed by atoms with Crippen molar-refractivity contribution in [2.24, 2.45) is 0 Å². The van der Waals surface area contributed by atoms with Crippen molar-refractivity contribution < 1.29 is 28.5 Å². The van der Waals surface area contributed by atoms with Crippen LogP contribution in [0.3, 0.4) is 0 Å². The number of rotatable bonds is 6. The minimum Gasteiger partial charge on any atom is -0.454 e. The van der Waals surface area contributed by atoms with Crippen molar-refractivity contribution in [3.63, 3.8) is 0 Å². The number of carbonyl (C=O) groups excluding carboxylic acids is 1. The standard InChI is InChI=1S/C22H22N6O6/c29-21(23-9-13-4-2-1-3-5-13)24-15-10-30-20-16(11-31-19(15)20)28-22(25-26-27-28)34-14-6-7-17-18(8-14)33-12-32-17/h1-8,15-16,19-20H,9-12H2,(H2,23,24,29)/t15-,16+,19-,20+/m1/s1. The zero-order valence-electron chi connectivity index (χ0n) is 18.0. The highest BCUT2D eigenvalue weighted by Gasteiger charge is 2.50. The molecule has 2 fully saturated rings. The maximum Gasteiger partial charge on any atom is 0.341 e. The predicted octanol–water partition coefficient (Wildman–Crippen LogP) is 1.40. The number of benzene rings is 2. The summed E-state index contributed by atoms with van der Waals surface area (Å²) in [4.78, 5) is 12.4. The Bertz CT molecular complexity index is 1170. The van der Waals surface area contributed by atoms with Gasteiger partial charge >= 0.3 is 12.0 Å². The zero-order valence-corrected chi connectivity index (χ0v) is 18.0. The van der Waals surface area contributed by atoms with Crippen molar-refractivity contribution in [2.75, 3.05) is 20.0 Å². The van der Waals surface area contributed by atoms with Gasteiger partial charge in [0.2, 0.25) is 6.79 Å². The van der Waals surface area contributed by atoms with Crippen LogP contribution in [-0.2, 0) is 16.0 Å². The SMILES string of the molecule is O=C(NCc1ccccc1)N[C@@H]1CO[C@@H]2[C@@H]1OC[C@@H]2n1nnnc1Oc1ccc2c(c1)OCO2. The van der Waals surface area contributed by atoms with Crippen LogP contribution in [0.5, 0.6) is 23.3 Å². The minimum absolute atomic E-state index is 0.176. The van der Waals surface area contributed by atoms with Crippen LogP contribution in [0.4, 0.5) is 4.79 Å². The molecular formula is C22H22N6O6. The van der Waals surface area contributed by atoms with E-state index in [1.807, 2.05) is 30.3 Å². The molecule has 0 aliphatic carbocycles. The first-order chi connectivity index (χ1) is 16.7. The summed E-state index contributed by atoms with van der Waals surface area (Å²) in [6.07, 6.45) is -0.655. The second-order valence-electron chi connectivity index (χ2n) is 8.11. The largest absolute Gasteiger partial charge is 0.454 e. The Morgan fingerprint density at radius 2 is 1.91 bits per heavy atom. The molecule has 2 amide bonds. The van der Waals surface area contributed by atoms with E-state index in [9.17, 15) is 4.79 Å². The molecule has 176 valence electrons. The van der Waals surface area contributed by atoms with Crippen LogP contribution in [0, 0.1) is 0 Å². The molecule has 0 saturated carbocycles. The fraction of sp³-hybridized carbons (Fsp3) is 0.364. The van der Waals surface area contributed by atoms with Crippen LogP contribution in [0.25, 0.3) is 0 Å². The Labute approximate surface area is 194 Å². The molecular weight excluding hydrogens is 444 g/mol. The number of nitrogens with one attached hydrogen (secondary N) is 2. The second kappa shape index (κ2) is 8.80. The Morgan fingerprint density at radius 1 is 1.06 bits per heavy atom. The predicted molar refractivity (Wildman–Crippen MR) is 115 cm³/mol. The Hall–Kier alpha value is -3.90. The Kier molecular flexibility index (Phi) is 5.35. The molecule has 4 heterocycles. The fourth-order valence-electron chi connectivity index (χ4n) is 4.32. The molecule has 2 aromatic carbocycles. The maximum absolute atomic E-state index is 12.4. The van der Waals surface area contributed by atoms with Crippen molar-refractivity contribution in [2.45, 2.75) is 30.8 Å². The lowest BCUT2D eigenvalue weighted by molar-refractivity contribution is 0.0613. The monoisotopic (exact) mass is 466 g/mol. The van der Waals surface area contributed by atoms with E-state index in [0.29, 0.717) is 37.0 Å². The highest BCUT2D eigenvalue weighted by atomic mass is 16.7. The van der Waals surface area contributed by atoms with Crippen LogP contribution in [-0.4, -0.2) is 64.5 Å². The molecule has 1 aromatic heterocycles. The van der Waals surface area contributed by atoms with E-state index in [1.165, 1.54) is 0 Å². The summed E-state index contributed by atoms with van der Waals surface area (Å²) in [5, 5.41) is 17.7. The van der Waals surface area contributed by atoms with Crippen molar-refractivity contribution >= 4 is 6.03 Å². The van der Waals surface area contributed by atoms with E-state index in [4.69, 9.17) is 23.7 Å². The number of ether oxygens (including phenoxy) is 5. The molecule has 0 bridgehead atoms. The minimum atomic E-state index is -0.331. The Morgan fingerprint density at radius 3 is 2.82 bits per heavy atom. The number of hydrogen-bond donors (Lipinski definition) is 2. The first-order valence-electron chi connectivity index (χ1n) is 10.9. The summed E-state index contributed by atoms with van der Waals surface area (Å²) in [5.74, 6) is 1.77. The summed E-state index contributed by atoms with van der Waals surface area (Å²) in [5.41, 5.74) is 1.02. The normalized spacial score (nSPS) is 24.6. The average molecular weight is 466 g/mol. The highest BCUT2D eigenvalue weighted by molar-refractivity contribution is 5.74.